The topological polar surface area (TPSA) is 61.8 Å². The number of hydrogen-bond donors (Lipinski definition) is 2. The van der Waals surface area contributed by atoms with Gasteiger partial charge in [-0.25, -0.2) is 4.79 Å². The third-order valence-electron chi connectivity index (χ3n) is 8.89. The largest absolute Gasteiger partial charge is 0.508 e. The molecule has 0 radical (unpaired) electrons. The first-order valence-corrected chi connectivity index (χ1v) is 11.9. The van der Waals surface area contributed by atoms with E-state index in [2.05, 4.69) is 11.4 Å². The van der Waals surface area contributed by atoms with Crippen molar-refractivity contribution in [2.24, 2.45) is 17.3 Å². The molecular weight excluding hydrogens is 447 g/mol. The van der Waals surface area contributed by atoms with Crippen LogP contribution in [0.1, 0.15) is 36.8 Å². The third kappa shape index (κ3) is 2.44. The van der Waals surface area contributed by atoms with Crippen molar-refractivity contribution in [3.05, 3.63) is 29.3 Å². The molecule has 162 valence electrons. The lowest BCUT2D eigenvalue weighted by Gasteiger charge is -2.64. The fourth-order valence-corrected chi connectivity index (χ4v) is 8.49. The molecule has 1 aromatic carbocycles. The van der Waals surface area contributed by atoms with E-state index < -0.39 is 3.79 Å². The van der Waals surface area contributed by atoms with Crippen molar-refractivity contribution in [3.63, 3.8) is 0 Å². The monoisotopic (exact) mass is 470 g/mol. The number of rotatable bonds is 1. The molecule has 5 aliphatic rings. The molecule has 2 N–H and O–H groups in total. The molecule has 3 aliphatic carbocycles. The van der Waals surface area contributed by atoms with Gasteiger partial charge in [0.25, 0.3) is 0 Å². The van der Waals surface area contributed by atoms with Gasteiger partial charge in [0.15, 0.2) is 0 Å². The second kappa shape index (κ2) is 6.34. The molecule has 2 saturated heterocycles. The Morgan fingerprint density at radius 2 is 2.17 bits per heavy atom. The minimum absolute atomic E-state index is 0.00701. The molecule has 6 atom stereocenters. The van der Waals surface area contributed by atoms with Gasteiger partial charge >= 0.3 is 6.09 Å². The summed E-state index contributed by atoms with van der Waals surface area (Å²) in [6.07, 6.45) is 4.89. The minimum atomic E-state index is -1.60. The Hall–Kier alpha value is -0.880. The lowest BCUT2D eigenvalue weighted by atomic mass is 9.44. The van der Waals surface area contributed by atoms with Crippen LogP contribution in [-0.4, -0.2) is 51.7 Å². The van der Waals surface area contributed by atoms with Gasteiger partial charge in [0, 0.05) is 24.0 Å². The maximum Gasteiger partial charge on any atom is 0.410 e. The summed E-state index contributed by atoms with van der Waals surface area (Å²) < 4.78 is 3.77. The minimum Gasteiger partial charge on any atom is -0.508 e. The molecule has 1 amide bonds. The number of alkyl halides is 3. The van der Waals surface area contributed by atoms with Gasteiger partial charge in [-0.2, -0.15) is 0 Å². The molecule has 30 heavy (non-hydrogen) atoms. The van der Waals surface area contributed by atoms with Crippen LogP contribution in [0, 0.1) is 17.3 Å². The van der Waals surface area contributed by atoms with E-state index in [1.54, 1.807) is 0 Å². The predicted molar refractivity (Wildman–Crippen MR) is 115 cm³/mol. The van der Waals surface area contributed by atoms with Crippen LogP contribution in [0.5, 0.6) is 5.75 Å². The Bertz CT molecular complexity index is 921. The summed E-state index contributed by atoms with van der Waals surface area (Å²) in [5.74, 6) is 1.16. The van der Waals surface area contributed by atoms with Gasteiger partial charge in [-0.3, -0.25) is 0 Å². The first-order chi connectivity index (χ1) is 14.3. The fourth-order valence-electron chi connectivity index (χ4n) is 8.33. The molecule has 0 spiro atoms. The van der Waals surface area contributed by atoms with E-state index in [0.717, 1.165) is 38.6 Å². The lowest BCUT2D eigenvalue weighted by molar-refractivity contribution is -0.0469. The first kappa shape index (κ1) is 19.8. The highest BCUT2D eigenvalue weighted by atomic mass is 35.6. The van der Waals surface area contributed by atoms with Gasteiger partial charge in [0.05, 0.1) is 0 Å². The first-order valence-electron chi connectivity index (χ1n) is 10.8. The van der Waals surface area contributed by atoms with E-state index in [1.165, 1.54) is 11.1 Å². The Morgan fingerprint density at radius 3 is 2.97 bits per heavy atom. The summed E-state index contributed by atoms with van der Waals surface area (Å²) in [5, 5.41) is 14.2. The van der Waals surface area contributed by atoms with E-state index >= 15 is 0 Å². The van der Waals surface area contributed by atoms with E-state index in [0.29, 0.717) is 30.2 Å². The Labute approximate surface area is 191 Å². The van der Waals surface area contributed by atoms with E-state index in [-0.39, 0.29) is 29.6 Å². The van der Waals surface area contributed by atoms with Gasteiger partial charge in [-0.1, -0.05) is 40.9 Å². The molecule has 5 nitrogen and oxygen atoms in total. The molecule has 4 fully saturated rings. The van der Waals surface area contributed by atoms with E-state index in [9.17, 15) is 9.90 Å². The van der Waals surface area contributed by atoms with Crippen LogP contribution in [0.3, 0.4) is 0 Å². The molecule has 1 aromatic rings. The smallest absolute Gasteiger partial charge is 0.410 e. The SMILES string of the molecule is O=C(OCC(Cl)(Cl)Cl)N1C[C@H]2C[C@@]34CC[C@@H]1[C@@H]2[C@@]31CCN[C@@H]4Cc2ccc(O)cc21. The zero-order valence-electron chi connectivity index (χ0n) is 16.5. The standard InChI is InChI=1S/C22H25Cl3N2O3/c23-22(24,25)11-30-19(29)27-10-13-9-20-4-3-16(27)18(13)21(20)5-6-26-17(20)7-12-1-2-14(28)8-15(12)21/h1-2,8,13,16-18,26,28H,3-7,9-11H2/t13-,16-,17-,18-,20-,21+/m1/s1. The highest BCUT2D eigenvalue weighted by Gasteiger charge is 2.75. The van der Waals surface area contributed by atoms with E-state index in [1.807, 2.05) is 17.0 Å². The number of carbonyl (C=O) groups excluding carboxylic acids is 1. The number of hydrogen-bond acceptors (Lipinski definition) is 4. The van der Waals surface area contributed by atoms with E-state index in [4.69, 9.17) is 39.5 Å². The highest BCUT2D eigenvalue weighted by Crippen LogP contribution is 2.74. The number of nitrogens with one attached hydrogen (secondary N) is 1. The van der Waals surface area contributed by atoms with Crippen molar-refractivity contribution < 1.29 is 14.6 Å². The number of fused-ring (bicyclic) bond motifs is 1. The average Bonchev–Trinajstić information content (AvgIpc) is 3.12. The third-order valence-corrected chi connectivity index (χ3v) is 9.22. The van der Waals surface area contributed by atoms with Crippen LogP contribution in [0.4, 0.5) is 4.79 Å². The van der Waals surface area contributed by atoms with Crippen LogP contribution < -0.4 is 5.32 Å². The van der Waals surface area contributed by atoms with Gasteiger partial charge < -0.3 is 20.1 Å². The van der Waals surface area contributed by atoms with Gasteiger partial charge in [0.2, 0.25) is 3.79 Å². The molecule has 0 unspecified atom stereocenters. The van der Waals surface area contributed by atoms with Crippen LogP contribution in [0.25, 0.3) is 0 Å². The average molecular weight is 472 g/mol. The Kier molecular flexibility index (Phi) is 4.18. The summed E-state index contributed by atoms with van der Waals surface area (Å²) in [4.78, 5) is 14.8. The highest BCUT2D eigenvalue weighted by molar-refractivity contribution is 6.67. The molecule has 2 heterocycles. The number of likely N-dealkylation sites (tertiary alicyclic amines) is 1. The van der Waals surface area contributed by atoms with Crippen molar-refractivity contribution >= 4 is 40.9 Å². The molecule has 8 heteroatoms. The van der Waals surface area contributed by atoms with Crippen molar-refractivity contribution in [2.75, 3.05) is 19.7 Å². The molecule has 4 bridgehead atoms. The number of phenols is 1. The zero-order chi connectivity index (χ0) is 20.9. The zero-order valence-corrected chi connectivity index (χ0v) is 18.8. The molecule has 6 rings (SSSR count). The number of ether oxygens (including phenoxy) is 1. The molecule has 2 aliphatic heterocycles. The summed E-state index contributed by atoms with van der Waals surface area (Å²) >= 11 is 17.4. The quantitative estimate of drug-likeness (QED) is 0.604. The van der Waals surface area contributed by atoms with Crippen molar-refractivity contribution in [1.29, 1.82) is 0 Å². The number of carbonyl (C=O) groups is 1. The molecule has 2 saturated carbocycles. The van der Waals surface area contributed by atoms with Crippen LogP contribution in [0.2, 0.25) is 0 Å². The normalized spacial score (nSPS) is 40.7. The molecule has 0 aromatic heterocycles. The second-order valence-electron chi connectivity index (χ2n) is 9.85. The maximum absolute atomic E-state index is 12.9. The van der Waals surface area contributed by atoms with Crippen LogP contribution >= 0.6 is 34.8 Å². The van der Waals surface area contributed by atoms with Crippen LogP contribution in [0.15, 0.2) is 18.2 Å². The van der Waals surface area contributed by atoms with Gasteiger partial charge in [-0.05, 0) is 79.2 Å². The second-order valence-corrected chi connectivity index (χ2v) is 12.4. The summed E-state index contributed by atoms with van der Waals surface area (Å²) in [5.41, 5.74) is 2.89. The predicted octanol–water partition coefficient (Wildman–Crippen LogP) is 4.16. The summed E-state index contributed by atoms with van der Waals surface area (Å²) in [7, 11) is 0. The lowest BCUT2D eigenvalue weighted by Crippen LogP contribution is -2.69. The van der Waals surface area contributed by atoms with Gasteiger partial charge in [0.1, 0.15) is 12.4 Å². The van der Waals surface area contributed by atoms with Crippen molar-refractivity contribution in [2.45, 2.75) is 53.4 Å². The number of phenolic OH excluding ortho intramolecular Hbond substituents is 1. The van der Waals surface area contributed by atoms with Crippen molar-refractivity contribution in [3.8, 4) is 5.75 Å². The van der Waals surface area contributed by atoms with Crippen molar-refractivity contribution in [1.82, 2.24) is 10.2 Å². The number of halogens is 3. The fraction of sp³-hybridized carbons (Fsp3) is 0.682. The molecular formula is C22H25Cl3N2O3. The Morgan fingerprint density at radius 1 is 1.33 bits per heavy atom. The maximum atomic E-state index is 12.9. The van der Waals surface area contributed by atoms with Crippen LogP contribution in [-0.2, 0) is 16.6 Å². The number of nitrogens with zero attached hydrogens (tertiary/aromatic N) is 1. The Balaban J connectivity index is 1.41. The number of amides is 1. The summed E-state index contributed by atoms with van der Waals surface area (Å²) in [6.45, 7) is 1.44. The van der Waals surface area contributed by atoms with Gasteiger partial charge in [-0.15, -0.1) is 0 Å². The summed E-state index contributed by atoms with van der Waals surface area (Å²) in [6, 6.07) is 6.53. The number of benzene rings is 1. The number of aromatic hydroxyl groups is 1. The number of piperidine rings is 1.